The molecule has 204 valence electrons. The Morgan fingerprint density at radius 3 is 1.95 bits per heavy atom. The summed E-state index contributed by atoms with van der Waals surface area (Å²) in [5, 5.41) is 33.6. The summed E-state index contributed by atoms with van der Waals surface area (Å²) >= 11 is 0. The molecule has 1 aromatic heterocycles. The van der Waals surface area contributed by atoms with Gasteiger partial charge in [-0.05, 0) is 12.8 Å². The van der Waals surface area contributed by atoms with Crippen molar-refractivity contribution in [2.24, 2.45) is 11.5 Å². The van der Waals surface area contributed by atoms with Crippen LogP contribution in [0.15, 0.2) is 12.5 Å². The maximum absolute atomic E-state index is 13.0. The van der Waals surface area contributed by atoms with Crippen molar-refractivity contribution in [2.45, 2.75) is 62.7 Å². The van der Waals surface area contributed by atoms with Crippen molar-refractivity contribution < 1.29 is 48.9 Å². The lowest BCUT2D eigenvalue weighted by Gasteiger charge is -2.24. The van der Waals surface area contributed by atoms with Gasteiger partial charge in [-0.15, -0.1) is 0 Å². The van der Waals surface area contributed by atoms with E-state index in [0.717, 1.165) is 0 Å². The highest BCUT2D eigenvalue weighted by Gasteiger charge is 2.31. The SMILES string of the molecule is NC(=O)CCC(N)C(=O)NC(Cc1cnc[nH]1)C(=O)NC(CCC(=O)O)C(=O)NC(CC(=O)O)C(=O)O. The number of nitrogens with zero attached hydrogens (tertiary/aromatic N) is 1. The predicted octanol–water partition coefficient (Wildman–Crippen LogP) is -3.58. The van der Waals surface area contributed by atoms with Gasteiger partial charge in [-0.25, -0.2) is 9.78 Å². The molecule has 0 aromatic carbocycles. The van der Waals surface area contributed by atoms with Crippen molar-refractivity contribution in [3.05, 3.63) is 18.2 Å². The fourth-order valence-electron chi connectivity index (χ4n) is 2.99. The quantitative estimate of drug-likeness (QED) is 0.0950. The first-order valence-corrected chi connectivity index (χ1v) is 10.9. The van der Waals surface area contributed by atoms with Crippen LogP contribution in [0.2, 0.25) is 0 Å². The van der Waals surface area contributed by atoms with Crippen LogP contribution in [0.1, 0.15) is 37.8 Å². The van der Waals surface area contributed by atoms with E-state index in [0.29, 0.717) is 5.69 Å². The average Bonchev–Trinajstić information content (AvgIpc) is 3.31. The van der Waals surface area contributed by atoms with Gasteiger partial charge in [0.25, 0.3) is 0 Å². The summed E-state index contributed by atoms with van der Waals surface area (Å²) in [5.74, 6) is -8.12. The van der Waals surface area contributed by atoms with E-state index >= 15 is 0 Å². The molecule has 11 N–H and O–H groups in total. The van der Waals surface area contributed by atoms with Crippen LogP contribution in [0.25, 0.3) is 0 Å². The molecule has 0 radical (unpaired) electrons. The van der Waals surface area contributed by atoms with Gasteiger partial charge in [-0.2, -0.15) is 0 Å². The fraction of sp³-hybridized carbons (Fsp3) is 0.500. The zero-order valence-corrected chi connectivity index (χ0v) is 19.5. The molecule has 0 aliphatic rings. The molecule has 37 heavy (non-hydrogen) atoms. The number of nitrogens with one attached hydrogen (secondary N) is 4. The lowest BCUT2D eigenvalue weighted by Crippen LogP contribution is -2.57. The number of hydrogen-bond donors (Lipinski definition) is 9. The second-order valence-corrected chi connectivity index (χ2v) is 7.94. The van der Waals surface area contributed by atoms with Gasteiger partial charge >= 0.3 is 17.9 Å². The van der Waals surface area contributed by atoms with E-state index < -0.39 is 85.0 Å². The number of carboxylic acid groups (broad SMARTS) is 3. The van der Waals surface area contributed by atoms with Gasteiger partial charge in [0.2, 0.25) is 23.6 Å². The number of primary amides is 1. The van der Waals surface area contributed by atoms with E-state index in [2.05, 4.69) is 20.6 Å². The third-order valence-electron chi connectivity index (χ3n) is 4.92. The van der Waals surface area contributed by atoms with Crippen molar-refractivity contribution in [1.29, 1.82) is 0 Å². The van der Waals surface area contributed by atoms with Gasteiger partial charge in [0.1, 0.15) is 18.1 Å². The van der Waals surface area contributed by atoms with Crippen molar-refractivity contribution in [3.8, 4) is 0 Å². The number of carboxylic acids is 3. The number of rotatable bonds is 17. The van der Waals surface area contributed by atoms with Gasteiger partial charge in [-0.3, -0.25) is 28.8 Å². The van der Waals surface area contributed by atoms with Gasteiger partial charge < -0.3 is 47.7 Å². The predicted molar refractivity (Wildman–Crippen MR) is 121 cm³/mol. The molecule has 1 heterocycles. The summed E-state index contributed by atoms with van der Waals surface area (Å²) in [6, 6.07) is -6.01. The molecular weight excluding hydrogens is 498 g/mol. The molecule has 4 atom stereocenters. The topological polar surface area (TPSA) is 297 Å². The number of nitrogens with two attached hydrogens (primary N) is 2. The minimum absolute atomic E-state index is 0.108. The van der Waals surface area contributed by atoms with E-state index in [4.69, 9.17) is 26.8 Å². The highest BCUT2D eigenvalue weighted by atomic mass is 16.4. The van der Waals surface area contributed by atoms with Gasteiger partial charge in [0.05, 0.1) is 18.8 Å². The molecule has 17 nitrogen and oxygen atoms in total. The Morgan fingerprint density at radius 1 is 0.838 bits per heavy atom. The Morgan fingerprint density at radius 2 is 1.43 bits per heavy atom. The van der Waals surface area contributed by atoms with Crippen LogP contribution < -0.4 is 27.4 Å². The maximum atomic E-state index is 13.0. The number of H-pyrrole nitrogens is 1. The van der Waals surface area contributed by atoms with Gasteiger partial charge in [0, 0.05) is 31.2 Å². The average molecular weight is 527 g/mol. The van der Waals surface area contributed by atoms with Gasteiger partial charge in [0.15, 0.2) is 0 Å². The molecule has 17 heteroatoms. The molecule has 0 spiro atoms. The van der Waals surface area contributed by atoms with Gasteiger partial charge in [-0.1, -0.05) is 0 Å². The summed E-state index contributed by atoms with van der Waals surface area (Å²) < 4.78 is 0. The number of aromatic amines is 1. The van der Waals surface area contributed by atoms with E-state index in [1.165, 1.54) is 12.5 Å². The van der Waals surface area contributed by atoms with Crippen LogP contribution in [-0.4, -0.2) is 91.0 Å². The summed E-state index contributed by atoms with van der Waals surface area (Å²) in [7, 11) is 0. The number of carbonyl (C=O) groups is 7. The minimum Gasteiger partial charge on any atom is -0.481 e. The second kappa shape index (κ2) is 14.8. The van der Waals surface area contributed by atoms with Crippen LogP contribution in [0, 0.1) is 0 Å². The molecule has 0 fully saturated rings. The molecule has 0 saturated carbocycles. The highest BCUT2D eigenvalue weighted by molar-refractivity contribution is 5.95. The molecule has 1 rings (SSSR count). The first kappa shape index (κ1) is 30.5. The standard InChI is InChI=1S/C20H29N7O10/c21-10(1-3-14(22)28)17(33)26-12(5-9-7-23-8-24-9)19(35)25-11(2-4-15(29)30)18(34)27-13(20(36)37)6-16(31)32/h7-8,10-13H,1-6,21H2,(H2,22,28)(H,23,24)(H,25,35)(H,26,33)(H,27,34)(H,29,30)(H,31,32)(H,36,37). The molecule has 0 saturated heterocycles. The van der Waals surface area contributed by atoms with Crippen LogP contribution in [-0.2, 0) is 40.0 Å². The largest absolute Gasteiger partial charge is 0.481 e. The number of hydrogen-bond acceptors (Lipinski definition) is 9. The highest BCUT2D eigenvalue weighted by Crippen LogP contribution is 2.06. The zero-order valence-electron chi connectivity index (χ0n) is 19.5. The van der Waals surface area contributed by atoms with Crippen LogP contribution in [0.3, 0.4) is 0 Å². The Hall–Kier alpha value is -4.54. The van der Waals surface area contributed by atoms with E-state index in [1.807, 2.05) is 5.32 Å². The Labute approximate surface area is 209 Å². The van der Waals surface area contributed by atoms with Crippen LogP contribution >= 0.6 is 0 Å². The first-order valence-electron chi connectivity index (χ1n) is 10.9. The smallest absolute Gasteiger partial charge is 0.326 e. The first-order chi connectivity index (χ1) is 17.3. The third-order valence-corrected chi connectivity index (χ3v) is 4.92. The van der Waals surface area contributed by atoms with Crippen molar-refractivity contribution in [3.63, 3.8) is 0 Å². The third kappa shape index (κ3) is 11.6. The second-order valence-electron chi connectivity index (χ2n) is 7.94. The van der Waals surface area contributed by atoms with E-state index in [9.17, 15) is 33.6 Å². The van der Waals surface area contributed by atoms with Crippen molar-refractivity contribution in [1.82, 2.24) is 25.9 Å². The van der Waals surface area contributed by atoms with Crippen molar-refractivity contribution in [2.75, 3.05) is 0 Å². The lowest BCUT2D eigenvalue weighted by molar-refractivity contribution is -0.147. The zero-order chi connectivity index (χ0) is 28.1. The number of carbonyl (C=O) groups excluding carboxylic acids is 4. The molecule has 0 aliphatic carbocycles. The van der Waals surface area contributed by atoms with E-state index in [-0.39, 0.29) is 19.3 Å². The maximum Gasteiger partial charge on any atom is 0.326 e. The molecule has 0 aliphatic heterocycles. The Kier molecular flexibility index (Phi) is 12.2. The molecule has 0 bridgehead atoms. The fourth-order valence-corrected chi connectivity index (χ4v) is 2.99. The number of aliphatic carboxylic acids is 3. The number of aromatic nitrogens is 2. The monoisotopic (exact) mass is 527 g/mol. The number of amides is 4. The van der Waals surface area contributed by atoms with E-state index in [1.54, 1.807) is 0 Å². The summed E-state index contributed by atoms with van der Waals surface area (Å²) in [6.07, 6.45) is 0.153. The lowest BCUT2D eigenvalue weighted by atomic mass is 10.1. The normalized spacial score (nSPS) is 13.9. The molecular formula is C20H29N7O10. The van der Waals surface area contributed by atoms with Crippen molar-refractivity contribution >= 4 is 41.5 Å². The Bertz CT molecular complexity index is 998. The molecule has 4 unspecified atom stereocenters. The van der Waals surface area contributed by atoms with Crippen LogP contribution in [0.5, 0.6) is 0 Å². The minimum atomic E-state index is -1.85. The molecule has 4 amide bonds. The Balaban J connectivity index is 3.08. The summed E-state index contributed by atoms with van der Waals surface area (Å²) in [5.41, 5.74) is 11.2. The van der Waals surface area contributed by atoms with Crippen LogP contribution in [0.4, 0.5) is 0 Å². The number of imidazole rings is 1. The summed E-state index contributed by atoms with van der Waals surface area (Å²) in [6.45, 7) is 0. The molecule has 1 aromatic rings. The summed E-state index contributed by atoms with van der Waals surface area (Å²) in [4.78, 5) is 88.9.